The van der Waals surface area contributed by atoms with Crippen LogP contribution in [0.25, 0.3) is 0 Å². The Kier molecular flexibility index (Phi) is 5.43. The van der Waals surface area contributed by atoms with E-state index in [9.17, 15) is 0 Å². The molecule has 0 bridgehead atoms. The third-order valence-corrected chi connectivity index (χ3v) is 6.55. The second kappa shape index (κ2) is 7.94. The number of morpholine rings is 1. The zero-order valence-corrected chi connectivity index (χ0v) is 16.4. The molecule has 1 aromatic heterocycles. The van der Waals surface area contributed by atoms with Gasteiger partial charge in [-0.15, -0.1) is 11.3 Å². The van der Waals surface area contributed by atoms with Crippen LogP contribution in [0.3, 0.4) is 0 Å². The standard InChI is InChI=1S/C20H27N3O2S/c1-15-19(26-20(21-15)22-9-11-25-12-10-22)14-23-8-4-7-18(23)16-5-3-6-17(13-16)24-2/h3,5-6,13,18H,4,7-12,14H2,1-2H3/t18-/m0/s1. The molecule has 2 aromatic rings. The number of anilines is 1. The fourth-order valence-corrected chi connectivity index (χ4v) is 5.01. The Morgan fingerprint density at radius 3 is 2.92 bits per heavy atom. The van der Waals surface area contributed by atoms with Gasteiger partial charge in [0, 0.05) is 30.6 Å². The molecule has 0 N–H and O–H groups in total. The SMILES string of the molecule is COc1cccc([C@@H]2CCCN2Cc2sc(N3CCOCC3)nc2C)c1. The van der Waals surface area contributed by atoms with Gasteiger partial charge in [0.2, 0.25) is 0 Å². The third kappa shape index (κ3) is 3.72. The first kappa shape index (κ1) is 17.8. The molecule has 0 unspecified atom stereocenters. The first-order valence-electron chi connectivity index (χ1n) is 9.41. The molecule has 2 fully saturated rings. The molecule has 5 nitrogen and oxygen atoms in total. The minimum Gasteiger partial charge on any atom is -0.497 e. The molecule has 2 aliphatic heterocycles. The maximum atomic E-state index is 5.46. The quantitative estimate of drug-likeness (QED) is 0.800. The molecule has 4 rings (SSSR count). The number of thiazole rings is 1. The normalized spacial score (nSPS) is 21.3. The van der Waals surface area contributed by atoms with Crippen LogP contribution in [0, 0.1) is 6.92 Å². The zero-order valence-electron chi connectivity index (χ0n) is 15.6. The minimum absolute atomic E-state index is 0.471. The molecule has 1 atom stereocenters. The van der Waals surface area contributed by atoms with Crippen LogP contribution in [0.15, 0.2) is 24.3 Å². The van der Waals surface area contributed by atoms with Crippen molar-refractivity contribution in [3.63, 3.8) is 0 Å². The molecule has 0 radical (unpaired) electrons. The number of methoxy groups -OCH3 is 1. The van der Waals surface area contributed by atoms with Crippen molar-refractivity contribution in [2.24, 2.45) is 0 Å². The second-order valence-corrected chi connectivity index (χ2v) is 8.07. The molecule has 1 aromatic carbocycles. The average Bonchev–Trinajstić information content (AvgIpc) is 3.30. The molecule has 6 heteroatoms. The topological polar surface area (TPSA) is 37.8 Å². The lowest BCUT2D eigenvalue weighted by Crippen LogP contribution is -2.36. The van der Waals surface area contributed by atoms with E-state index < -0.39 is 0 Å². The van der Waals surface area contributed by atoms with Crippen LogP contribution in [-0.2, 0) is 11.3 Å². The van der Waals surface area contributed by atoms with Crippen LogP contribution >= 0.6 is 11.3 Å². The summed E-state index contributed by atoms with van der Waals surface area (Å²) in [5.41, 5.74) is 2.53. The van der Waals surface area contributed by atoms with Gasteiger partial charge < -0.3 is 14.4 Å². The molecule has 3 heterocycles. The first-order chi connectivity index (χ1) is 12.7. The molecule has 0 spiro atoms. The number of hydrogen-bond donors (Lipinski definition) is 0. The summed E-state index contributed by atoms with van der Waals surface area (Å²) < 4.78 is 10.9. The van der Waals surface area contributed by atoms with Gasteiger partial charge in [-0.2, -0.15) is 0 Å². The molecule has 0 aliphatic carbocycles. The number of likely N-dealkylation sites (tertiary alicyclic amines) is 1. The average molecular weight is 374 g/mol. The summed E-state index contributed by atoms with van der Waals surface area (Å²) >= 11 is 1.85. The number of rotatable bonds is 5. The predicted molar refractivity (Wildman–Crippen MR) is 105 cm³/mol. The fraction of sp³-hybridized carbons (Fsp3) is 0.550. The van der Waals surface area contributed by atoms with E-state index in [1.807, 2.05) is 17.4 Å². The fourth-order valence-electron chi connectivity index (χ4n) is 3.88. The number of aryl methyl sites for hydroxylation is 1. The Balaban J connectivity index is 1.50. The summed E-state index contributed by atoms with van der Waals surface area (Å²) in [6.45, 7) is 7.77. The van der Waals surface area contributed by atoms with Gasteiger partial charge in [-0.1, -0.05) is 12.1 Å². The van der Waals surface area contributed by atoms with Crippen molar-refractivity contribution in [2.45, 2.75) is 32.4 Å². The zero-order chi connectivity index (χ0) is 17.9. The molecule has 2 saturated heterocycles. The summed E-state index contributed by atoms with van der Waals surface area (Å²) in [5.74, 6) is 0.943. The highest BCUT2D eigenvalue weighted by Gasteiger charge is 2.28. The third-order valence-electron chi connectivity index (χ3n) is 5.35. The lowest BCUT2D eigenvalue weighted by atomic mass is 10.0. The van der Waals surface area contributed by atoms with E-state index in [4.69, 9.17) is 14.5 Å². The number of hydrogen-bond acceptors (Lipinski definition) is 6. The van der Waals surface area contributed by atoms with Crippen LogP contribution in [0.4, 0.5) is 5.13 Å². The van der Waals surface area contributed by atoms with E-state index in [0.717, 1.165) is 50.3 Å². The van der Waals surface area contributed by atoms with Crippen LogP contribution in [0.2, 0.25) is 0 Å². The Morgan fingerprint density at radius 1 is 1.27 bits per heavy atom. The van der Waals surface area contributed by atoms with Crippen LogP contribution in [0.5, 0.6) is 5.75 Å². The van der Waals surface area contributed by atoms with Crippen LogP contribution in [-0.4, -0.2) is 49.8 Å². The van der Waals surface area contributed by atoms with E-state index in [1.165, 1.54) is 29.0 Å². The van der Waals surface area contributed by atoms with Crippen molar-refractivity contribution >= 4 is 16.5 Å². The smallest absolute Gasteiger partial charge is 0.185 e. The largest absolute Gasteiger partial charge is 0.497 e. The lowest BCUT2D eigenvalue weighted by molar-refractivity contribution is 0.122. The van der Waals surface area contributed by atoms with Gasteiger partial charge in [-0.05, 0) is 44.0 Å². The highest BCUT2D eigenvalue weighted by Crippen LogP contribution is 2.36. The summed E-state index contributed by atoms with van der Waals surface area (Å²) in [6.07, 6.45) is 2.46. The number of nitrogens with zero attached hydrogens (tertiary/aromatic N) is 3. The van der Waals surface area contributed by atoms with E-state index in [1.54, 1.807) is 7.11 Å². The van der Waals surface area contributed by atoms with Crippen molar-refractivity contribution in [1.82, 2.24) is 9.88 Å². The Labute approximate surface area is 159 Å². The van der Waals surface area contributed by atoms with Gasteiger partial charge in [0.05, 0.1) is 26.0 Å². The molecule has 0 amide bonds. The summed E-state index contributed by atoms with van der Waals surface area (Å²) in [5, 5.41) is 1.15. The van der Waals surface area contributed by atoms with E-state index in [2.05, 4.69) is 34.9 Å². The van der Waals surface area contributed by atoms with Crippen molar-refractivity contribution in [2.75, 3.05) is 44.9 Å². The highest BCUT2D eigenvalue weighted by molar-refractivity contribution is 7.15. The number of benzene rings is 1. The van der Waals surface area contributed by atoms with Gasteiger partial charge in [-0.25, -0.2) is 4.98 Å². The van der Waals surface area contributed by atoms with Gasteiger partial charge in [0.25, 0.3) is 0 Å². The van der Waals surface area contributed by atoms with Crippen LogP contribution in [0.1, 0.15) is 35.0 Å². The van der Waals surface area contributed by atoms with E-state index in [-0.39, 0.29) is 0 Å². The molecular weight excluding hydrogens is 346 g/mol. The van der Waals surface area contributed by atoms with Crippen molar-refractivity contribution in [1.29, 1.82) is 0 Å². The summed E-state index contributed by atoms with van der Waals surface area (Å²) in [7, 11) is 1.74. The first-order valence-corrected chi connectivity index (χ1v) is 10.2. The van der Waals surface area contributed by atoms with Crippen molar-refractivity contribution in [3.05, 3.63) is 40.4 Å². The number of aromatic nitrogens is 1. The van der Waals surface area contributed by atoms with Gasteiger partial charge in [0.15, 0.2) is 5.13 Å². The second-order valence-electron chi connectivity index (χ2n) is 7.01. The van der Waals surface area contributed by atoms with E-state index in [0.29, 0.717) is 6.04 Å². The minimum atomic E-state index is 0.471. The number of ether oxygens (including phenoxy) is 2. The molecular formula is C20H27N3O2S. The Morgan fingerprint density at radius 2 is 2.12 bits per heavy atom. The Bertz CT molecular complexity index is 742. The van der Waals surface area contributed by atoms with Gasteiger partial charge in [0.1, 0.15) is 5.75 Å². The van der Waals surface area contributed by atoms with Gasteiger partial charge >= 0.3 is 0 Å². The summed E-state index contributed by atoms with van der Waals surface area (Å²) in [6, 6.07) is 8.99. The van der Waals surface area contributed by atoms with E-state index >= 15 is 0 Å². The monoisotopic (exact) mass is 373 g/mol. The maximum Gasteiger partial charge on any atom is 0.185 e. The molecule has 2 aliphatic rings. The predicted octanol–water partition coefficient (Wildman–Crippen LogP) is 3.63. The van der Waals surface area contributed by atoms with Crippen molar-refractivity contribution in [3.8, 4) is 5.75 Å². The van der Waals surface area contributed by atoms with Crippen molar-refractivity contribution < 1.29 is 9.47 Å². The van der Waals surface area contributed by atoms with Crippen LogP contribution < -0.4 is 9.64 Å². The van der Waals surface area contributed by atoms with Gasteiger partial charge in [-0.3, -0.25) is 4.90 Å². The maximum absolute atomic E-state index is 5.46. The molecule has 140 valence electrons. The highest BCUT2D eigenvalue weighted by atomic mass is 32.1. The molecule has 26 heavy (non-hydrogen) atoms. The molecule has 0 saturated carbocycles. The Hall–Kier alpha value is -1.63. The lowest BCUT2D eigenvalue weighted by Gasteiger charge is -2.26. The summed E-state index contributed by atoms with van der Waals surface area (Å²) in [4.78, 5) is 11.2.